The van der Waals surface area contributed by atoms with E-state index < -0.39 is 18.0 Å². The Bertz CT molecular complexity index is 996. The molecule has 0 aliphatic carbocycles. The molecule has 1 aliphatic rings. The maximum atomic E-state index is 13.0. The van der Waals surface area contributed by atoms with E-state index in [0.29, 0.717) is 29.8 Å². The number of carbonyl (C=O) groups excluding carboxylic acids is 1. The molecular weight excluding hydrogens is 487 g/mol. The molecule has 0 aromatic heterocycles. The first-order valence-electron chi connectivity index (χ1n) is 11.1. The van der Waals surface area contributed by atoms with Gasteiger partial charge < -0.3 is 15.0 Å². The number of rotatable bonds is 8. The van der Waals surface area contributed by atoms with Gasteiger partial charge in [-0.05, 0) is 55.5 Å². The summed E-state index contributed by atoms with van der Waals surface area (Å²) in [6.07, 6.45) is -4.85. The van der Waals surface area contributed by atoms with E-state index in [-0.39, 0.29) is 12.1 Å². The Morgan fingerprint density at radius 1 is 1.15 bits per heavy atom. The molecule has 1 fully saturated rings. The molecule has 10 heteroatoms. The quantitative estimate of drug-likeness (QED) is 0.449. The van der Waals surface area contributed by atoms with Crippen molar-refractivity contribution in [3.05, 3.63) is 52.5 Å². The van der Waals surface area contributed by atoms with Gasteiger partial charge >= 0.3 is 6.36 Å². The molecule has 0 bridgehead atoms. The zero-order chi connectivity index (χ0) is 24.9. The van der Waals surface area contributed by atoms with Gasteiger partial charge in [-0.1, -0.05) is 18.5 Å². The van der Waals surface area contributed by atoms with Crippen molar-refractivity contribution in [3.63, 3.8) is 0 Å². The van der Waals surface area contributed by atoms with Crippen molar-refractivity contribution < 1.29 is 22.7 Å². The van der Waals surface area contributed by atoms with Gasteiger partial charge in [0.05, 0.1) is 0 Å². The molecule has 0 unspecified atom stereocenters. The van der Waals surface area contributed by atoms with Crippen LogP contribution in [0.15, 0.2) is 41.3 Å². The summed E-state index contributed by atoms with van der Waals surface area (Å²) in [6, 6.07) is 9.93. The number of ether oxygens (including phenoxy) is 1. The minimum absolute atomic E-state index is 0.106. The van der Waals surface area contributed by atoms with Crippen LogP contribution in [-0.4, -0.2) is 55.1 Å². The maximum Gasteiger partial charge on any atom is 0.573 e. The standard InChI is InChI=1S/C24H29ClF3N3O2S/c1-4-34-22-6-5-19(25)11-18(22)15-29-23(32)17-12-20(14-21(13-17)33-24(26,27)28)31-9-7-30(8-10-31)16(2)3/h5-6,11-14,16H,4,7-10,15H2,1-3H3,(H,29,32). The van der Waals surface area contributed by atoms with E-state index in [1.807, 2.05) is 17.9 Å². The lowest BCUT2D eigenvalue weighted by Gasteiger charge is -2.38. The highest BCUT2D eigenvalue weighted by atomic mass is 35.5. The molecular formula is C24H29ClF3N3O2S. The molecule has 2 aromatic carbocycles. The molecule has 2 aromatic rings. The minimum atomic E-state index is -4.85. The molecule has 0 spiro atoms. The van der Waals surface area contributed by atoms with E-state index in [0.717, 1.165) is 35.4 Å². The van der Waals surface area contributed by atoms with Crippen molar-refractivity contribution in [2.45, 2.75) is 44.6 Å². The number of amides is 1. The van der Waals surface area contributed by atoms with E-state index in [1.165, 1.54) is 6.07 Å². The monoisotopic (exact) mass is 515 g/mol. The van der Waals surface area contributed by atoms with Crippen molar-refractivity contribution in [1.29, 1.82) is 0 Å². The van der Waals surface area contributed by atoms with Gasteiger partial charge in [-0.2, -0.15) is 0 Å². The number of carbonyl (C=O) groups is 1. The summed E-state index contributed by atoms with van der Waals surface area (Å²) in [5, 5.41) is 3.36. The van der Waals surface area contributed by atoms with Crippen LogP contribution in [0.5, 0.6) is 5.75 Å². The Balaban J connectivity index is 1.81. The average Bonchev–Trinajstić information content (AvgIpc) is 2.77. The number of benzene rings is 2. The lowest BCUT2D eigenvalue weighted by Crippen LogP contribution is -2.49. The fourth-order valence-electron chi connectivity index (χ4n) is 3.85. The lowest BCUT2D eigenvalue weighted by atomic mass is 10.1. The lowest BCUT2D eigenvalue weighted by molar-refractivity contribution is -0.274. The topological polar surface area (TPSA) is 44.8 Å². The summed E-state index contributed by atoms with van der Waals surface area (Å²) in [4.78, 5) is 18.2. The molecule has 1 amide bonds. The third kappa shape index (κ3) is 7.45. The average molecular weight is 516 g/mol. The number of halogens is 4. The predicted molar refractivity (Wildman–Crippen MR) is 131 cm³/mol. The largest absolute Gasteiger partial charge is 0.573 e. The fourth-order valence-corrected chi connectivity index (χ4v) is 4.83. The van der Waals surface area contributed by atoms with Gasteiger partial charge in [0.15, 0.2) is 0 Å². The zero-order valence-corrected chi connectivity index (χ0v) is 21.0. The summed E-state index contributed by atoms with van der Waals surface area (Å²) in [7, 11) is 0. The van der Waals surface area contributed by atoms with Crippen molar-refractivity contribution >= 4 is 35.0 Å². The van der Waals surface area contributed by atoms with Gasteiger partial charge in [-0.25, -0.2) is 0 Å². The van der Waals surface area contributed by atoms with Crippen molar-refractivity contribution in [2.75, 3.05) is 36.8 Å². The minimum Gasteiger partial charge on any atom is -0.406 e. The molecule has 186 valence electrons. The van der Waals surface area contributed by atoms with Crippen molar-refractivity contribution in [1.82, 2.24) is 10.2 Å². The van der Waals surface area contributed by atoms with E-state index in [1.54, 1.807) is 30.0 Å². The number of nitrogens with zero attached hydrogens (tertiary/aromatic N) is 2. The Morgan fingerprint density at radius 2 is 1.85 bits per heavy atom. The summed E-state index contributed by atoms with van der Waals surface area (Å²) >= 11 is 7.74. The molecule has 0 radical (unpaired) electrons. The second-order valence-corrected chi connectivity index (χ2v) is 9.99. The highest BCUT2D eigenvalue weighted by molar-refractivity contribution is 7.99. The fraction of sp³-hybridized carbons (Fsp3) is 0.458. The van der Waals surface area contributed by atoms with Crippen molar-refractivity contribution in [3.8, 4) is 5.75 Å². The Hall–Kier alpha value is -2.10. The van der Waals surface area contributed by atoms with Crippen LogP contribution in [0.25, 0.3) is 0 Å². The third-order valence-electron chi connectivity index (χ3n) is 5.56. The van der Waals surface area contributed by atoms with Crippen LogP contribution in [0.1, 0.15) is 36.7 Å². The number of thioether (sulfide) groups is 1. The number of alkyl halides is 3. The summed E-state index contributed by atoms with van der Waals surface area (Å²) in [6.45, 7) is 9.32. The van der Waals surface area contributed by atoms with Gasteiger partial charge in [0.2, 0.25) is 0 Å². The van der Waals surface area contributed by atoms with E-state index >= 15 is 0 Å². The van der Waals surface area contributed by atoms with Crippen LogP contribution in [0.4, 0.5) is 18.9 Å². The molecule has 3 rings (SSSR count). The number of nitrogens with one attached hydrogen (secondary N) is 1. The molecule has 1 aliphatic heterocycles. The molecule has 0 saturated carbocycles. The first-order chi connectivity index (χ1) is 16.1. The van der Waals surface area contributed by atoms with Gasteiger partial charge in [0.1, 0.15) is 5.75 Å². The predicted octanol–water partition coefficient (Wildman–Crippen LogP) is 5.81. The van der Waals surface area contributed by atoms with E-state index in [4.69, 9.17) is 11.6 Å². The molecule has 5 nitrogen and oxygen atoms in total. The Morgan fingerprint density at radius 3 is 2.47 bits per heavy atom. The number of hydrogen-bond donors (Lipinski definition) is 1. The van der Waals surface area contributed by atoms with Gasteiger partial charge in [-0.15, -0.1) is 24.9 Å². The number of piperazine rings is 1. The van der Waals surface area contributed by atoms with Crippen LogP contribution in [0, 0.1) is 0 Å². The first kappa shape index (κ1) is 26.5. The second-order valence-electron chi connectivity index (χ2n) is 8.25. The van der Waals surface area contributed by atoms with Crippen LogP contribution >= 0.6 is 23.4 Å². The summed E-state index contributed by atoms with van der Waals surface area (Å²) < 4.78 is 43.0. The van der Waals surface area contributed by atoms with Gasteiger partial charge in [0.25, 0.3) is 5.91 Å². The number of hydrogen-bond acceptors (Lipinski definition) is 5. The smallest absolute Gasteiger partial charge is 0.406 e. The van der Waals surface area contributed by atoms with Gasteiger partial charge in [-0.3, -0.25) is 9.69 Å². The molecule has 1 heterocycles. The molecule has 1 N–H and O–H groups in total. The SMILES string of the molecule is CCSc1ccc(Cl)cc1CNC(=O)c1cc(OC(F)(F)F)cc(N2CCN(C(C)C)CC2)c1. The van der Waals surface area contributed by atoms with Crippen LogP contribution in [-0.2, 0) is 6.54 Å². The Labute approximate surface area is 207 Å². The maximum absolute atomic E-state index is 13.0. The van der Waals surface area contributed by atoms with Crippen LogP contribution in [0.2, 0.25) is 5.02 Å². The second kappa shape index (κ2) is 11.6. The van der Waals surface area contributed by atoms with E-state index in [2.05, 4.69) is 28.8 Å². The summed E-state index contributed by atoms with van der Waals surface area (Å²) in [5.41, 5.74) is 1.48. The highest BCUT2D eigenvalue weighted by Crippen LogP contribution is 2.30. The molecule has 34 heavy (non-hydrogen) atoms. The molecule has 1 saturated heterocycles. The van der Waals surface area contributed by atoms with E-state index in [9.17, 15) is 18.0 Å². The zero-order valence-electron chi connectivity index (χ0n) is 19.4. The Kier molecular flexibility index (Phi) is 9.01. The highest BCUT2D eigenvalue weighted by Gasteiger charge is 2.32. The normalized spacial score (nSPS) is 15.0. The molecule has 0 atom stereocenters. The first-order valence-corrected chi connectivity index (χ1v) is 12.5. The van der Waals surface area contributed by atoms with Crippen LogP contribution < -0.4 is 15.0 Å². The summed E-state index contributed by atoms with van der Waals surface area (Å²) in [5.74, 6) is -0.0409. The van der Waals surface area contributed by atoms with Crippen molar-refractivity contribution in [2.24, 2.45) is 0 Å². The van der Waals surface area contributed by atoms with Gasteiger partial charge in [0, 0.05) is 66.0 Å². The number of anilines is 1. The van der Waals surface area contributed by atoms with Crippen LogP contribution in [0.3, 0.4) is 0 Å². The third-order valence-corrected chi connectivity index (χ3v) is 6.79.